The van der Waals surface area contributed by atoms with E-state index in [0.29, 0.717) is 45.2 Å². The topological polar surface area (TPSA) is 395 Å². The van der Waals surface area contributed by atoms with Gasteiger partial charge in [0.2, 0.25) is 23.6 Å². The number of nitrogens with zero attached hydrogens (tertiary/aromatic N) is 5. The van der Waals surface area contributed by atoms with E-state index in [-0.39, 0.29) is 57.1 Å². The maximum absolute atomic E-state index is 13.3. The molecule has 18 N–H and O–H groups in total. The molecule has 0 aromatic heterocycles. The summed E-state index contributed by atoms with van der Waals surface area (Å²) in [6, 6.07) is -5.61. The van der Waals surface area contributed by atoms with Crippen LogP contribution in [0.5, 0.6) is 0 Å². The van der Waals surface area contributed by atoms with E-state index in [1.807, 2.05) is 0 Å². The van der Waals surface area contributed by atoms with Gasteiger partial charge in [-0.3, -0.25) is 34.6 Å². The SMILES string of the molecule is C[C@H](NC(=O)[C@H](CCCN=C(N)N)NC(=O)[C@@H](N)CCCCNN=[N+]=[N-])C(=O)N[C@@H](CCCCN)C(=O)N[C@@H](CCCN=C(N)N)C(=O)O. The van der Waals surface area contributed by atoms with Crippen LogP contribution in [-0.4, -0.2) is 103 Å². The second-order valence-electron chi connectivity index (χ2n) is 11.1. The van der Waals surface area contributed by atoms with Gasteiger partial charge in [0.15, 0.2) is 11.9 Å². The second kappa shape index (κ2) is 25.9. The van der Waals surface area contributed by atoms with Crippen LogP contribution in [0.15, 0.2) is 15.2 Å². The minimum Gasteiger partial charge on any atom is -0.480 e. The number of azide groups is 1. The summed E-state index contributed by atoms with van der Waals surface area (Å²) in [7, 11) is 0. The molecule has 0 unspecified atom stereocenters. The molecule has 0 aliphatic carbocycles. The number of guanidine groups is 2. The third-order valence-electron chi connectivity index (χ3n) is 6.98. The highest BCUT2D eigenvalue weighted by Crippen LogP contribution is 2.07. The van der Waals surface area contributed by atoms with Gasteiger partial charge in [-0.1, -0.05) is 0 Å². The average molecular weight is 699 g/mol. The molecule has 0 heterocycles. The lowest BCUT2D eigenvalue weighted by Crippen LogP contribution is -2.57. The fourth-order valence-corrected chi connectivity index (χ4v) is 4.30. The molecule has 278 valence electrons. The Hall–Kier alpha value is -5.08. The predicted molar refractivity (Wildman–Crippen MR) is 183 cm³/mol. The summed E-state index contributed by atoms with van der Waals surface area (Å²) in [6.45, 7) is 2.46. The number of carbonyl (C=O) groups excluding carboxylic acids is 4. The molecule has 0 bridgehead atoms. The van der Waals surface area contributed by atoms with Crippen LogP contribution in [0.3, 0.4) is 0 Å². The maximum atomic E-state index is 13.3. The zero-order valence-corrected chi connectivity index (χ0v) is 28.0. The number of hydrogen-bond donors (Lipinski definition) is 12. The molecular formula is C27H54N16O6. The Morgan fingerprint density at radius 1 is 0.694 bits per heavy atom. The highest BCUT2D eigenvalue weighted by Gasteiger charge is 2.30. The summed E-state index contributed by atoms with van der Waals surface area (Å²) >= 11 is 0. The Morgan fingerprint density at radius 3 is 1.71 bits per heavy atom. The molecule has 0 radical (unpaired) electrons. The number of rotatable bonds is 27. The molecule has 4 amide bonds. The lowest BCUT2D eigenvalue weighted by Gasteiger charge is -2.25. The van der Waals surface area contributed by atoms with Crippen molar-refractivity contribution in [2.45, 2.75) is 101 Å². The molecule has 0 rings (SSSR count). The van der Waals surface area contributed by atoms with Gasteiger partial charge in [-0.2, -0.15) is 4.91 Å². The van der Waals surface area contributed by atoms with E-state index >= 15 is 0 Å². The van der Waals surface area contributed by atoms with Crippen LogP contribution in [0.25, 0.3) is 10.4 Å². The van der Waals surface area contributed by atoms with Gasteiger partial charge in [-0.25, -0.2) is 4.79 Å². The number of unbranched alkanes of at least 4 members (excludes halogenated alkanes) is 2. The second-order valence-corrected chi connectivity index (χ2v) is 11.1. The van der Waals surface area contributed by atoms with E-state index in [9.17, 15) is 29.1 Å². The first-order valence-corrected chi connectivity index (χ1v) is 16.0. The van der Waals surface area contributed by atoms with Crippen LogP contribution in [0.2, 0.25) is 0 Å². The summed E-state index contributed by atoms with van der Waals surface area (Å²) in [6.07, 6.45) is 3.26. The van der Waals surface area contributed by atoms with Crippen LogP contribution in [0.1, 0.15) is 71.1 Å². The van der Waals surface area contributed by atoms with Crippen molar-refractivity contribution in [2.24, 2.45) is 49.6 Å². The molecule has 5 atom stereocenters. The Morgan fingerprint density at radius 2 is 1.18 bits per heavy atom. The van der Waals surface area contributed by atoms with E-state index in [1.165, 1.54) is 6.92 Å². The number of carboxylic acid groups (broad SMARTS) is 1. The summed E-state index contributed by atoms with van der Waals surface area (Å²) in [4.78, 5) is 74.4. The summed E-state index contributed by atoms with van der Waals surface area (Å²) in [5.41, 5.74) is 43.7. The van der Waals surface area contributed by atoms with Gasteiger partial charge in [0.1, 0.15) is 24.2 Å². The van der Waals surface area contributed by atoms with Gasteiger partial charge >= 0.3 is 5.97 Å². The van der Waals surface area contributed by atoms with Gasteiger partial charge in [-0.05, 0) is 82.9 Å². The average Bonchev–Trinajstić information content (AvgIpc) is 3.04. The van der Waals surface area contributed by atoms with Crippen molar-refractivity contribution in [3.8, 4) is 0 Å². The monoisotopic (exact) mass is 698 g/mol. The van der Waals surface area contributed by atoms with Gasteiger partial charge in [0, 0.05) is 13.1 Å². The number of carbonyl (C=O) groups is 5. The minimum absolute atomic E-state index is 0.0301. The maximum Gasteiger partial charge on any atom is 0.326 e. The smallest absolute Gasteiger partial charge is 0.326 e. The van der Waals surface area contributed by atoms with E-state index < -0.39 is 59.8 Å². The van der Waals surface area contributed by atoms with Crippen LogP contribution < -0.4 is 61.1 Å². The lowest BCUT2D eigenvalue weighted by molar-refractivity contribution is -0.142. The highest BCUT2D eigenvalue weighted by molar-refractivity contribution is 5.95. The predicted octanol–water partition coefficient (Wildman–Crippen LogP) is -3.42. The molecule has 0 fully saturated rings. The largest absolute Gasteiger partial charge is 0.480 e. The fourth-order valence-electron chi connectivity index (χ4n) is 4.30. The third kappa shape index (κ3) is 21.4. The molecule has 22 nitrogen and oxygen atoms in total. The molecule has 0 aliphatic heterocycles. The molecule has 0 aromatic carbocycles. The molecule has 0 aromatic rings. The first-order valence-electron chi connectivity index (χ1n) is 16.0. The van der Waals surface area contributed by atoms with Crippen molar-refractivity contribution in [1.29, 1.82) is 0 Å². The standard InChI is InChI=1S/C27H54N16O6/c1-16(21(44)39-18(9-2-4-12-28)24(47)41-20(25(48)49)11-7-14-36-27(32)33)38-23(46)19(10-6-13-35-26(30)31)40-22(45)17(29)8-3-5-15-37-43-42-34/h16-20,37H,2-15,28-29H2,1H3,(H,38,46)(H,39,44)(H,40,45)(H,41,47)(H,48,49)(H4,30,31,35)(H4,32,33,36)/t16-,17-,18-,19-,20-/m0/s1. The minimum atomic E-state index is -1.28. The Bertz CT molecular complexity index is 1150. The normalized spacial score (nSPS) is 13.5. The van der Waals surface area contributed by atoms with E-state index in [4.69, 9.17) is 39.9 Å². The molecule has 0 saturated heterocycles. The van der Waals surface area contributed by atoms with Gasteiger partial charge < -0.3 is 60.8 Å². The number of nitrogens with two attached hydrogens (primary N) is 6. The zero-order valence-electron chi connectivity index (χ0n) is 28.0. The lowest BCUT2D eigenvalue weighted by atomic mass is 10.1. The van der Waals surface area contributed by atoms with E-state index in [2.05, 4.69) is 46.8 Å². The number of hydrogen-bond acceptors (Lipinski definition) is 10. The van der Waals surface area contributed by atoms with Crippen LogP contribution in [-0.2, 0) is 24.0 Å². The van der Waals surface area contributed by atoms with E-state index in [0.717, 1.165) is 0 Å². The number of aliphatic imine (C=N–C) groups is 2. The molecule has 0 spiro atoms. The molecule has 0 aliphatic rings. The molecule has 49 heavy (non-hydrogen) atoms. The highest BCUT2D eigenvalue weighted by atomic mass is 16.4. The summed E-state index contributed by atoms with van der Waals surface area (Å²) in [5.74, 6) is -4.30. The van der Waals surface area contributed by atoms with Crippen LogP contribution in [0, 0.1) is 0 Å². The zero-order chi connectivity index (χ0) is 37.2. The Balaban J connectivity index is 5.53. The summed E-state index contributed by atoms with van der Waals surface area (Å²) in [5, 5.41) is 23.0. The van der Waals surface area contributed by atoms with Crippen molar-refractivity contribution < 1.29 is 29.1 Å². The van der Waals surface area contributed by atoms with Gasteiger partial charge in [-0.15, -0.1) is 5.53 Å². The first kappa shape index (κ1) is 43.9. The van der Waals surface area contributed by atoms with Crippen molar-refractivity contribution in [3.05, 3.63) is 10.4 Å². The van der Waals surface area contributed by atoms with Gasteiger partial charge in [0.25, 0.3) is 0 Å². The van der Waals surface area contributed by atoms with Crippen molar-refractivity contribution in [3.63, 3.8) is 0 Å². The number of aliphatic carboxylic acids is 1. The fraction of sp³-hybridized carbons (Fsp3) is 0.741. The third-order valence-corrected chi connectivity index (χ3v) is 6.98. The summed E-state index contributed by atoms with van der Waals surface area (Å²) < 4.78 is 0. The number of nitrogens with one attached hydrogen (secondary N) is 5. The quantitative estimate of drug-likeness (QED) is 0.00757. The van der Waals surface area contributed by atoms with Crippen LogP contribution >= 0.6 is 0 Å². The van der Waals surface area contributed by atoms with Crippen molar-refractivity contribution in [1.82, 2.24) is 26.7 Å². The molecular weight excluding hydrogens is 644 g/mol. The van der Waals surface area contributed by atoms with Crippen molar-refractivity contribution >= 4 is 41.5 Å². The van der Waals surface area contributed by atoms with Crippen molar-refractivity contribution in [2.75, 3.05) is 26.2 Å². The van der Waals surface area contributed by atoms with E-state index in [1.54, 1.807) is 0 Å². The number of amides is 4. The Kier molecular flexibility index (Phi) is 23.3. The number of carboxylic acids is 1. The van der Waals surface area contributed by atoms with Gasteiger partial charge in [0.05, 0.1) is 12.6 Å². The molecule has 0 saturated carbocycles. The molecule has 22 heteroatoms. The first-order chi connectivity index (χ1) is 23.2. The Labute approximate surface area is 285 Å². The van der Waals surface area contributed by atoms with Crippen LogP contribution in [0.4, 0.5) is 0 Å².